The van der Waals surface area contributed by atoms with Gasteiger partial charge in [0.1, 0.15) is 4.90 Å². The molecule has 0 amide bonds. The Morgan fingerprint density at radius 3 is 2.53 bits per heavy atom. The van der Waals surface area contributed by atoms with Gasteiger partial charge in [-0.1, -0.05) is 6.42 Å². The first-order valence-electron chi connectivity index (χ1n) is 6.62. The normalized spacial score (nSPS) is 16.8. The molecular weight excluding hydrogens is 266 g/mol. The van der Waals surface area contributed by atoms with Gasteiger partial charge in [0.15, 0.2) is 0 Å². The van der Waals surface area contributed by atoms with Crippen molar-refractivity contribution in [2.45, 2.75) is 50.5 Å². The minimum Gasteiger partial charge on any atom is -0.396 e. The van der Waals surface area contributed by atoms with E-state index in [0.717, 1.165) is 19.3 Å². The molecule has 1 fully saturated rings. The molecule has 0 atom stereocenters. The minimum atomic E-state index is -3.52. The summed E-state index contributed by atoms with van der Waals surface area (Å²) in [4.78, 5) is 0.289. The Morgan fingerprint density at radius 2 is 2.11 bits per heavy atom. The largest absolute Gasteiger partial charge is 0.396 e. The molecule has 1 heterocycles. The molecule has 0 aromatic carbocycles. The van der Waals surface area contributed by atoms with Crippen molar-refractivity contribution < 1.29 is 13.5 Å². The van der Waals surface area contributed by atoms with Gasteiger partial charge in [-0.15, -0.1) is 0 Å². The summed E-state index contributed by atoms with van der Waals surface area (Å²) in [5.41, 5.74) is 1.08. The van der Waals surface area contributed by atoms with E-state index in [1.165, 1.54) is 4.31 Å². The van der Waals surface area contributed by atoms with E-state index in [2.05, 4.69) is 10.2 Å². The fourth-order valence-corrected chi connectivity index (χ4v) is 4.50. The molecule has 1 aromatic rings. The smallest absolute Gasteiger partial charge is 0.246 e. The van der Waals surface area contributed by atoms with Crippen molar-refractivity contribution in [3.63, 3.8) is 0 Å². The van der Waals surface area contributed by atoms with Crippen LogP contribution < -0.4 is 0 Å². The summed E-state index contributed by atoms with van der Waals surface area (Å²) in [6, 6.07) is 0.0743. The van der Waals surface area contributed by atoms with Crippen LogP contribution in [-0.4, -0.2) is 47.2 Å². The number of nitrogens with one attached hydrogen (secondary N) is 1. The summed E-state index contributed by atoms with van der Waals surface area (Å²) >= 11 is 0. The van der Waals surface area contributed by atoms with Gasteiger partial charge >= 0.3 is 0 Å². The predicted molar refractivity (Wildman–Crippen MR) is 71.3 cm³/mol. The number of aromatic nitrogens is 2. The van der Waals surface area contributed by atoms with Gasteiger partial charge in [0, 0.05) is 19.2 Å². The molecule has 1 aliphatic rings. The Hall–Kier alpha value is -0.920. The van der Waals surface area contributed by atoms with E-state index < -0.39 is 10.0 Å². The number of aliphatic hydroxyl groups is 1. The molecule has 7 heteroatoms. The fourth-order valence-electron chi connectivity index (χ4n) is 2.44. The molecule has 6 nitrogen and oxygen atoms in total. The molecule has 1 aromatic heterocycles. The zero-order valence-electron chi connectivity index (χ0n) is 11.4. The van der Waals surface area contributed by atoms with Gasteiger partial charge in [0.25, 0.3) is 0 Å². The van der Waals surface area contributed by atoms with Gasteiger partial charge in [-0.2, -0.15) is 9.40 Å². The summed E-state index contributed by atoms with van der Waals surface area (Å²) in [7, 11) is -3.52. The first-order chi connectivity index (χ1) is 8.98. The molecule has 2 rings (SSSR count). The van der Waals surface area contributed by atoms with Crippen LogP contribution in [0.5, 0.6) is 0 Å². The molecule has 0 saturated heterocycles. The quantitative estimate of drug-likeness (QED) is 0.815. The highest BCUT2D eigenvalue weighted by Gasteiger charge is 2.36. The van der Waals surface area contributed by atoms with Gasteiger partial charge in [-0.05, 0) is 33.1 Å². The van der Waals surface area contributed by atoms with Crippen LogP contribution in [0.15, 0.2) is 4.90 Å². The lowest BCUT2D eigenvalue weighted by Gasteiger charge is -2.36. The predicted octanol–water partition coefficient (Wildman–Crippen LogP) is 0.952. The second-order valence-corrected chi connectivity index (χ2v) is 6.87. The van der Waals surface area contributed by atoms with E-state index >= 15 is 0 Å². The van der Waals surface area contributed by atoms with Crippen LogP contribution in [0.4, 0.5) is 0 Å². The Labute approximate surface area is 113 Å². The summed E-state index contributed by atoms with van der Waals surface area (Å²) in [5.74, 6) is 0. The minimum absolute atomic E-state index is 0.00207. The van der Waals surface area contributed by atoms with E-state index in [4.69, 9.17) is 5.11 Å². The third kappa shape index (κ3) is 2.68. The Bertz CT molecular complexity index is 515. The molecular formula is C12H21N3O3S. The lowest BCUT2D eigenvalue weighted by molar-refractivity contribution is 0.198. The van der Waals surface area contributed by atoms with E-state index in [1.54, 1.807) is 13.8 Å². The zero-order chi connectivity index (χ0) is 14.0. The van der Waals surface area contributed by atoms with E-state index in [9.17, 15) is 8.42 Å². The molecule has 0 radical (unpaired) electrons. The van der Waals surface area contributed by atoms with Crippen LogP contribution in [0.2, 0.25) is 0 Å². The summed E-state index contributed by atoms with van der Waals surface area (Å²) < 4.78 is 27.1. The first kappa shape index (κ1) is 14.5. The first-order valence-corrected chi connectivity index (χ1v) is 8.06. The van der Waals surface area contributed by atoms with Crippen LogP contribution in [0.25, 0.3) is 0 Å². The van der Waals surface area contributed by atoms with Gasteiger partial charge in [0.2, 0.25) is 10.0 Å². The number of aryl methyl sites for hydroxylation is 2. The van der Waals surface area contributed by atoms with Crippen molar-refractivity contribution in [1.82, 2.24) is 14.5 Å². The standard InChI is InChI=1S/C12H21N3O3S/c1-9-12(10(2)14-13-9)19(17,18)15(7-4-8-16)11-5-3-6-11/h11,16H,3-8H2,1-2H3,(H,13,14). The number of hydrogen-bond donors (Lipinski definition) is 2. The lowest BCUT2D eigenvalue weighted by atomic mass is 9.93. The second-order valence-electron chi connectivity index (χ2n) is 5.04. The molecule has 2 N–H and O–H groups in total. The molecule has 0 bridgehead atoms. The van der Waals surface area contributed by atoms with E-state index in [-0.39, 0.29) is 17.5 Å². The third-order valence-electron chi connectivity index (χ3n) is 3.65. The summed E-state index contributed by atoms with van der Waals surface area (Å²) in [6.07, 6.45) is 3.34. The number of aromatic amines is 1. The Balaban J connectivity index is 2.33. The van der Waals surface area contributed by atoms with Gasteiger partial charge < -0.3 is 5.11 Å². The number of aliphatic hydroxyl groups excluding tert-OH is 1. The second kappa shape index (κ2) is 5.60. The van der Waals surface area contributed by atoms with E-state index in [1.807, 2.05) is 0 Å². The summed E-state index contributed by atoms with van der Waals surface area (Å²) in [5, 5.41) is 15.6. The number of sulfonamides is 1. The SMILES string of the molecule is Cc1n[nH]c(C)c1S(=O)(=O)N(CCCO)C1CCC1. The Kier molecular flexibility index (Phi) is 4.27. The Morgan fingerprint density at radius 1 is 1.42 bits per heavy atom. The zero-order valence-corrected chi connectivity index (χ0v) is 12.2. The maximum Gasteiger partial charge on any atom is 0.246 e. The molecule has 108 valence electrons. The van der Waals surface area contributed by atoms with Crippen LogP contribution in [0.3, 0.4) is 0 Å². The van der Waals surface area contributed by atoms with Gasteiger partial charge in [-0.3, -0.25) is 5.10 Å². The van der Waals surface area contributed by atoms with Crippen LogP contribution in [0, 0.1) is 13.8 Å². The number of nitrogens with zero attached hydrogens (tertiary/aromatic N) is 2. The molecule has 1 saturated carbocycles. The molecule has 19 heavy (non-hydrogen) atoms. The third-order valence-corrected chi connectivity index (χ3v) is 5.86. The number of hydrogen-bond acceptors (Lipinski definition) is 4. The van der Waals surface area contributed by atoms with Crippen molar-refractivity contribution >= 4 is 10.0 Å². The van der Waals surface area contributed by atoms with Crippen molar-refractivity contribution in [2.24, 2.45) is 0 Å². The maximum atomic E-state index is 12.8. The molecule has 1 aliphatic carbocycles. The van der Waals surface area contributed by atoms with E-state index in [0.29, 0.717) is 24.4 Å². The van der Waals surface area contributed by atoms with Crippen molar-refractivity contribution in [2.75, 3.05) is 13.2 Å². The van der Waals surface area contributed by atoms with Gasteiger partial charge in [-0.25, -0.2) is 8.42 Å². The highest BCUT2D eigenvalue weighted by Crippen LogP contribution is 2.31. The van der Waals surface area contributed by atoms with Crippen LogP contribution in [-0.2, 0) is 10.0 Å². The monoisotopic (exact) mass is 287 g/mol. The van der Waals surface area contributed by atoms with Gasteiger partial charge in [0.05, 0.1) is 11.4 Å². The lowest BCUT2D eigenvalue weighted by Crippen LogP contribution is -2.45. The summed E-state index contributed by atoms with van der Waals surface area (Å²) in [6.45, 7) is 3.79. The highest BCUT2D eigenvalue weighted by molar-refractivity contribution is 7.89. The average molecular weight is 287 g/mol. The molecule has 0 spiro atoms. The van der Waals surface area contributed by atoms with Crippen molar-refractivity contribution in [3.05, 3.63) is 11.4 Å². The topological polar surface area (TPSA) is 86.3 Å². The number of rotatable bonds is 6. The average Bonchev–Trinajstić information content (AvgIpc) is 2.61. The van der Waals surface area contributed by atoms with Crippen molar-refractivity contribution in [1.29, 1.82) is 0 Å². The fraction of sp³-hybridized carbons (Fsp3) is 0.750. The molecule has 0 unspecified atom stereocenters. The maximum absolute atomic E-state index is 12.8. The number of H-pyrrole nitrogens is 1. The highest BCUT2D eigenvalue weighted by atomic mass is 32.2. The van der Waals surface area contributed by atoms with Crippen LogP contribution in [0.1, 0.15) is 37.1 Å². The molecule has 0 aliphatic heterocycles. The van der Waals surface area contributed by atoms with Crippen molar-refractivity contribution in [3.8, 4) is 0 Å². The van der Waals surface area contributed by atoms with Crippen LogP contribution >= 0.6 is 0 Å².